The molecule has 0 aromatic heterocycles. The molecule has 0 spiro atoms. The van der Waals surface area contributed by atoms with Crippen LogP contribution in [0.2, 0.25) is 0 Å². The molecule has 0 radical (unpaired) electrons. The molecule has 2 heterocycles. The van der Waals surface area contributed by atoms with Gasteiger partial charge in [-0.1, -0.05) is 0 Å². The summed E-state index contributed by atoms with van der Waals surface area (Å²) in [4.78, 5) is 0. The Bertz CT molecular complexity index is 277. The molecule has 0 amide bonds. The summed E-state index contributed by atoms with van der Waals surface area (Å²) in [7, 11) is 1.67. The maximum absolute atomic E-state index is 10.8. The number of ether oxygens (including phenoxy) is 2. The maximum Gasteiger partial charge on any atom is 0.235 e. The molecule has 4 nitrogen and oxygen atoms in total. The summed E-state index contributed by atoms with van der Waals surface area (Å²) in [5.41, 5.74) is 0. The van der Waals surface area contributed by atoms with Crippen LogP contribution in [-0.4, -0.2) is 39.1 Å². The van der Waals surface area contributed by atoms with Gasteiger partial charge in [-0.3, -0.25) is 0 Å². The van der Waals surface area contributed by atoms with Gasteiger partial charge in [0.15, 0.2) is 0 Å². The first kappa shape index (κ1) is 9.71. The highest BCUT2D eigenvalue weighted by atomic mass is 35.7. The second-order valence-corrected chi connectivity index (χ2v) is 6.26. The fraction of sp³-hybridized carbons (Fsp3) is 1.00. The van der Waals surface area contributed by atoms with Crippen molar-refractivity contribution in [1.29, 1.82) is 0 Å². The van der Waals surface area contributed by atoms with Gasteiger partial charge in [0.2, 0.25) is 9.05 Å². The molecule has 13 heavy (non-hydrogen) atoms. The molecular formula is C7H11ClO4S. The number of halogens is 1. The molecule has 0 saturated carbocycles. The highest BCUT2D eigenvalue weighted by Crippen LogP contribution is 2.31. The normalized spacial score (nSPS) is 39.3. The molecule has 0 bridgehead atoms. The molecule has 0 aliphatic carbocycles. The highest BCUT2D eigenvalue weighted by molar-refractivity contribution is 8.13. The summed E-state index contributed by atoms with van der Waals surface area (Å²) in [5.74, 6) is -0.106. The molecule has 3 unspecified atom stereocenters. The zero-order valence-corrected chi connectivity index (χ0v) is 8.55. The fourth-order valence-corrected chi connectivity index (χ4v) is 2.98. The second-order valence-electron chi connectivity index (χ2n) is 3.44. The Balaban J connectivity index is 1.92. The summed E-state index contributed by atoms with van der Waals surface area (Å²) < 4.78 is 32.3. The van der Waals surface area contributed by atoms with E-state index in [1.165, 1.54) is 0 Å². The van der Waals surface area contributed by atoms with Crippen LogP contribution in [0.25, 0.3) is 0 Å². The molecule has 6 heteroatoms. The summed E-state index contributed by atoms with van der Waals surface area (Å²) >= 11 is 0. The van der Waals surface area contributed by atoms with Crippen LogP contribution in [-0.2, 0) is 18.5 Å². The number of hydrogen-bond donors (Lipinski definition) is 0. The van der Waals surface area contributed by atoms with Gasteiger partial charge < -0.3 is 9.47 Å². The van der Waals surface area contributed by atoms with Gasteiger partial charge >= 0.3 is 0 Å². The predicted molar refractivity (Wildman–Crippen MR) is 47.3 cm³/mol. The van der Waals surface area contributed by atoms with Crippen LogP contribution in [0.4, 0.5) is 0 Å². The summed E-state index contributed by atoms with van der Waals surface area (Å²) in [6.07, 6.45) is 1.41. The van der Waals surface area contributed by atoms with Gasteiger partial charge in [-0.05, 0) is 6.42 Å². The van der Waals surface area contributed by atoms with E-state index in [0.717, 1.165) is 13.0 Å². The molecule has 2 saturated heterocycles. The van der Waals surface area contributed by atoms with Crippen molar-refractivity contribution >= 4 is 19.7 Å². The maximum atomic E-state index is 10.8. The van der Waals surface area contributed by atoms with Crippen molar-refractivity contribution in [2.24, 2.45) is 0 Å². The van der Waals surface area contributed by atoms with Gasteiger partial charge in [0.1, 0.15) is 0 Å². The first-order valence-electron chi connectivity index (χ1n) is 4.24. The molecule has 0 aromatic carbocycles. The minimum absolute atomic E-state index is 0.0865. The quantitative estimate of drug-likeness (QED) is 0.644. The summed E-state index contributed by atoms with van der Waals surface area (Å²) in [5, 5.41) is 0. The molecule has 0 aromatic rings. The lowest BCUT2D eigenvalue weighted by atomic mass is 10.1. The van der Waals surface area contributed by atoms with Crippen LogP contribution < -0.4 is 0 Å². The van der Waals surface area contributed by atoms with Gasteiger partial charge in [0.05, 0.1) is 24.1 Å². The van der Waals surface area contributed by atoms with Gasteiger partial charge in [-0.15, -0.1) is 0 Å². The Kier molecular flexibility index (Phi) is 2.53. The predicted octanol–water partition coefficient (Wildman–Crippen LogP) is 0.501. The Morgan fingerprint density at radius 2 is 2.15 bits per heavy atom. The van der Waals surface area contributed by atoms with Gasteiger partial charge in [-0.25, -0.2) is 8.42 Å². The van der Waals surface area contributed by atoms with Crippen molar-refractivity contribution in [3.63, 3.8) is 0 Å². The van der Waals surface area contributed by atoms with Crippen LogP contribution in [0, 0.1) is 0 Å². The third-order valence-electron chi connectivity index (χ3n) is 2.40. The fourth-order valence-electron chi connectivity index (χ4n) is 1.90. The molecule has 3 atom stereocenters. The summed E-state index contributed by atoms with van der Waals surface area (Å²) in [6.45, 7) is 0.718. The molecule has 2 aliphatic rings. The third kappa shape index (κ3) is 2.34. The van der Waals surface area contributed by atoms with Crippen molar-refractivity contribution in [2.75, 3.05) is 12.4 Å². The third-order valence-corrected chi connectivity index (χ3v) is 3.54. The SMILES string of the molecule is O=S(=O)(Cl)CC1CC2OCCC2O1. The Morgan fingerprint density at radius 1 is 1.38 bits per heavy atom. The van der Waals surface area contributed by atoms with Gasteiger partial charge in [-0.2, -0.15) is 0 Å². The first-order chi connectivity index (χ1) is 6.04. The molecule has 2 fully saturated rings. The lowest BCUT2D eigenvalue weighted by Gasteiger charge is -2.08. The minimum Gasteiger partial charge on any atom is -0.375 e. The van der Waals surface area contributed by atoms with E-state index < -0.39 is 9.05 Å². The van der Waals surface area contributed by atoms with E-state index in [0.29, 0.717) is 6.42 Å². The van der Waals surface area contributed by atoms with E-state index in [4.69, 9.17) is 20.2 Å². The Labute approximate surface area is 81.6 Å². The molecule has 2 rings (SSSR count). The molecular weight excluding hydrogens is 216 g/mol. The molecule has 76 valence electrons. The van der Waals surface area contributed by atoms with Crippen molar-refractivity contribution < 1.29 is 17.9 Å². The summed E-state index contributed by atoms with van der Waals surface area (Å²) in [6, 6.07) is 0. The largest absolute Gasteiger partial charge is 0.375 e. The Morgan fingerprint density at radius 3 is 2.77 bits per heavy atom. The second kappa shape index (κ2) is 3.38. The van der Waals surface area contributed by atoms with Crippen LogP contribution in [0.15, 0.2) is 0 Å². The van der Waals surface area contributed by atoms with Gasteiger partial charge in [0, 0.05) is 23.7 Å². The zero-order valence-electron chi connectivity index (χ0n) is 6.98. The minimum atomic E-state index is -3.45. The smallest absolute Gasteiger partial charge is 0.235 e. The standard InChI is InChI=1S/C7H11ClO4S/c8-13(9,10)4-5-3-7-6(12-5)1-2-11-7/h5-7H,1-4H2. The van der Waals surface area contributed by atoms with Crippen molar-refractivity contribution in [3.05, 3.63) is 0 Å². The number of rotatable bonds is 2. The van der Waals surface area contributed by atoms with E-state index in [1.807, 2.05) is 0 Å². The van der Waals surface area contributed by atoms with E-state index >= 15 is 0 Å². The average Bonchev–Trinajstić information content (AvgIpc) is 2.40. The topological polar surface area (TPSA) is 52.6 Å². The number of fused-ring (bicyclic) bond motifs is 1. The lowest BCUT2D eigenvalue weighted by Crippen LogP contribution is -2.18. The molecule has 2 aliphatic heterocycles. The first-order valence-corrected chi connectivity index (χ1v) is 6.72. The highest BCUT2D eigenvalue weighted by Gasteiger charge is 2.40. The number of hydrogen-bond acceptors (Lipinski definition) is 4. The monoisotopic (exact) mass is 226 g/mol. The van der Waals surface area contributed by atoms with Crippen molar-refractivity contribution in [1.82, 2.24) is 0 Å². The van der Waals surface area contributed by atoms with E-state index in [2.05, 4.69) is 0 Å². The Hall–Kier alpha value is 0.160. The molecule has 0 N–H and O–H groups in total. The van der Waals surface area contributed by atoms with E-state index in [9.17, 15) is 8.42 Å². The van der Waals surface area contributed by atoms with Crippen molar-refractivity contribution in [2.45, 2.75) is 31.2 Å². The van der Waals surface area contributed by atoms with E-state index in [1.54, 1.807) is 0 Å². The van der Waals surface area contributed by atoms with E-state index in [-0.39, 0.29) is 24.1 Å². The van der Waals surface area contributed by atoms with Crippen molar-refractivity contribution in [3.8, 4) is 0 Å². The van der Waals surface area contributed by atoms with Crippen LogP contribution in [0.5, 0.6) is 0 Å². The van der Waals surface area contributed by atoms with Crippen LogP contribution in [0.3, 0.4) is 0 Å². The lowest BCUT2D eigenvalue weighted by molar-refractivity contribution is 0.0479. The van der Waals surface area contributed by atoms with Crippen LogP contribution >= 0.6 is 10.7 Å². The van der Waals surface area contributed by atoms with Crippen LogP contribution in [0.1, 0.15) is 12.8 Å². The van der Waals surface area contributed by atoms with Gasteiger partial charge in [0.25, 0.3) is 0 Å². The zero-order chi connectivity index (χ0) is 9.47. The average molecular weight is 227 g/mol.